The zero-order valence-corrected chi connectivity index (χ0v) is 11.5. The topological polar surface area (TPSA) is 67.4 Å². The summed E-state index contributed by atoms with van der Waals surface area (Å²) in [4.78, 5) is 22.3. The van der Waals surface area contributed by atoms with Gasteiger partial charge in [-0.15, -0.1) is 0 Å². The third kappa shape index (κ3) is 3.35. The van der Waals surface area contributed by atoms with Crippen molar-refractivity contribution in [3.63, 3.8) is 0 Å². The molecule has 21 heavy (non-hydrogen) atoms. The maximum atomic E-state index is 12.4. The number of rotatable bonds is 3. The Kier molecular flexibility index (Phi) is 4.07. The normalized spacial score (nSPS) is 14.8. The van der Waals surface area contributed by atoms with Crippen molar-refractivity contribution < 1.29 is 9.53 Å². The number of aromatic nitrogens is 2. The molecule has 0 bridgehead atoms. The lowest BCUT2D eigenvalue weighted by atomic mass is 10.3. The SMILES string of the molecule is O=C(c1cc(Nc2ccccc2)ncn1)N1CCOCC1. The van der Waals surface area contributed by atoms with Crippen LogP contribution < -0.4 is 5.32 Å². The summed E-state index contributed by atoms with van der Waals surface area (Å²) in [5.41, 5.74) is 1.31. The van der Waals surface area contributed by atoms with E-state index in [9.17, 15) is 4.79 Å². The summed E-state index contributed by atoms with van der Waals surface area (Å²) in [5, 5.41) is 3.16. The maximum absolute atomic E-state index is 12.4. The molecule has 1 aliphatic heterocycles. The highest BCUT2D eigenvalue weighted by molar-refractivity contribution is 5.93. The molecule has 0 spiro atoms. The summed E-state index contributed by atoms with van der Waals surface area (Å²) in [6.45, 7) is 2.35. The molecule has 6 nitrogen and oxygen atoms in total. The van der Waals surface area contributed by atoms with Gasteiger partial charge in [-0.05, 0) is 12.1 Å². The molecule has 1 saturated heterocycles. The average Bonchev–Trinajstić information content (AvgIpc) is 2.56. The van der Waals surface area contributed by atoms with Crippen molar-refractivity contribution >= 4 is 17.4 Å². The third-order valence-corrected chi connectivity index (χ3v) is 3.23. The summed E-state index contributed by atoms with van der Waals surface area (Å²) >= 11 is 0. The molecule has 0 radical (unpaired) electrons. The molecule has 2 aromatic rings. The summed E-state index contributed by atoms with van der Waals surface area (Å²) < 4.78 is 5.25. The highest BCUT2D eigenvalue weighted by Crippen LogP contribution is 2.14. The van der Waals surface area contributed by atoms with Crippen molar-refractivity contribution in [2.75, 3.05) is 31.6 Å². The molecule has 108 valence electrons. The number of amides is 1. The predicted molar refractivity (Wildman–Crippen MR) is 78.5 cm³/mol. The first-order valence-electron chi connectivity index (χ1n) is 6.84. The van der Waals surface area contributed by atoms with Gasteiger partial charge in [-0.2, -0.15) is 0 Å². The fourth-order valence-electron chi connectivity index (χ4n) is 2.14. The monoisotopic (exact) mass is 284 g/mol. The van der Waals surface area contributed by atoms with Crippen molar-refractivity contribution in [1.29, 1.82) is 0 Å². The number of carbonyl (C=O) groups is 1. The van der Waals surface area contributed by atoms with Crippen LogP contribution in [0, 0.1) is 0 Å². The predicted octanol–water partition coefficient (Wildman–Crippen LogP) is 1.69. The lowest BCUT2D eigenvalue weighted by molar-refractivity contribution is 0.0299. The smallest absolute Gasteiger partial charge is 0.272 e. The number of anilines is 2. The first kappa shape index (κ1) is 13.5. The van der Waals surface area contributed by atoms with Crippen LogP contribution in [0.4, 0.5) is 11.5 Å². The van der Waals surface area contributed by atoms with Gasteiger partial charge in [-0.1, -0.05) is 18.2 Å². The van der Waals surface area contributed by atoms with E-state index < -0.39 is 0 Å². The number of nitrogens with zero attached hydrogens (tertiary/aromatic N) is 3. The van der Waals surface area contributed by atoms with Crippen LogP contribution in [0.15, 0.2) is 42.7 Å². The minimum atomic E-state index is -0.0863. The highest BCUT2D eigenvalue weighted by atomic mass is 16.5. The molecule has 1 aliphatic rings. The van der Waals surface area contributed by atoms with Crippen LogP contribution in [0.2, 0.25) is 0 Å². The summed E-state index contributed by atoms with van der Waals surface area (Å²) in [5.74, 6) is 0.518. The molecular formula is C15H16N4O2. The van der Waals surface area contributed by atoms with E-state index in [4.69, 9.17) is 4.74 Å². The number of hydrogen-bond acceptors (Lipinski definition) is 5. The molecule has 1 aromatic heterocycles. The lowest BCUT2D eigenvalue weighted by Gasteiger charge is -2.26. The van der Waals surface area contributed by atoms with E-state index in [-0.39, 0.29) is 5.91 Å². The number of hydrogen-bond donors (Lipinski definition) is 1. The van der Waals surface area contributed by atoms with E-state index in [0.29, 0.717) is 37.8 Å². The second-order valence-corrected chi connectivity index (χ2v) is 4.68. The van der Waals surface area contributed by atoms with Crippen LogP contribution in [0.5, 0.6) is 0 Å². The van der Waals surface area contributed by atoms with Gasteiger partial charge in [0.15, 0.2) is 0 Å². The minimum absolute atomic E-state index is 0.0863. The van der Waals surface area contributed by atoms with E-state index in [1.807, 2.05) is 30.3 Å². The van der Waals surface area contributed by atoms with Crippen LogP contribution in [0.1, 0.15) is 10.5 Å². The van der Waals surface area contributed by atoms with E-state index in [1.54, 1.807) is 11.0 Å². The van der Waals surface area contributed by atoms with Crippen LogP contribution in [-0.4, -0.2) is 47.1 Å². The van der Waals surface area contributed by atoms with Crippen molar-refractivity contribution in [2.45, 2.75) is 0 Å². The van der Waals surface area contributed by atoms with Crippen molar-refractivity contribution in [2.24, 2.45) is 0 Å². The van der Waals surface area contributed by atoms with Gasteiger partial charge in [-0.3, -0.25) is 4.79 Å². The van der Waals surface area contributed by atoms with Crippen LogP contribution >= 0.6 is 0 Å². The largest absolute Gasteiger partial charge is 0.378 e. The Morgan fingerprint density at radius 2 is 1.90 bits per heavy atom. The molecule has 1 N–H and O–H groups in total. The van der Waals surface area contributed by atoms with Gasteiger partial charge in [-0.25, -0.2) is 9.97 Å². The second-order valence-electron chi connectivity index (χ2n) is 4.68. The van der Waals surface area contributed by atoms with E-state index >= 15 is 0 Å². The highest BCUT2D eigenvalue weighted by Gasteiger charge is 2.19. The summed E-state index contributed by atoms with van der Waals surface area (Å²) in [7, 11) is 0. The van der Waals surface area contributed by atoms with Gasteiger partial charge in [0.05, 0.1) is 13.2 Å². The number of nitrogens with one attached hydrogen (secondary N) is 1. The quantitative estimate of drug-likeness (QED) is 0.929. The van der Waals surface area contributed by atoms with Gasteiger partial charge in [0.2, 0.25) is 0 Å². The molecule has 3 rings (SSSR count). The zero-order valence-electron chi connectivity index (χ0n) is 11.5. The average molecular weight is 284 g/mol. The molecule has 1 amide bonds. The van der Waals surface area contributed by atoms with Crippen LogP contribution in [0.3, 0.4) is 0 Å². The van der Waals surface area contributed by atoms with Crippen LogP contribution in [0.25, 0.3) is 0 Å². The molecule has 6 heteroatoms. The van der Waals surface area contributed by atoms with Gasteiger partial charge in [0, 0.05) is 24.8 Å². The van der Waals surface area contributed by atoms with Gasteiger partial charge < -0.3 is 15.0 Å². The Hall–Kier alpha value is -2.47. The Morgan fingerprint density at radius 3 is 2.67 bits per heavy atom. The summed E-state index contributed by atoms with van der Waals surface area (Å²) in [6.07, 6.45) is 1.40. The van der Waals surface area contributed by atoms with Gasteiger partial charge in [0.1, 0.15) is 17.8 Å². The number of para-hydroxylation sites is 1. The van der Waals surface area contributed by atoms with Crippen molar-refractivity contribution in [3.05, 3.63) is 48.4 Å². The molecule has 2 heterocycles. The van der Waals surface area contributed by atoms with Gasteiger partial charge in [0.25, 0.3) is 5.91 Å². The first-order valence-corrected chi connectivity index (χ1v) is 6.84. The number of carbonyl (C=O) groups excluding carboxylic acids is 1. The number of benzene rings is 1. The number of ether oxygens (including phenoxy) is 1. The fourth-order valence-corrected chi connectivity index (χ4v) is 2.14. The molecule has 1 aromatic carbocycles. The Labute approximate surface area is 122 Å². The summed E-state index contributed by atoms with van der Waals surface area (Å²) in [6, 6.07) is 11.4. The minimum Gasteiger partial charge on any atom is -0.378 e. The van der Waals surface area contributed by atoms with E-state index in [2.05, 4.69) is 15.3 Å². The standard InChI is InChI=1S/C15H16N4O2/c20-15(19-6-8-21-9-7-19)13-10-14(17-11-16-13)18-12-4-2-1-3-5-12/h1-5,10-11H,6-9H2,(H,16,17,18). The third-order valence-electron chi connectivity index (χ3n) is 3.23. The van der Waals surface area contributed by atoms with Crippen LogP contribution in [-0.2, 0) is 4.74 Å². The number of morpholine rings is 1. The Morgan fingerprint density at radius 1 is 1.14 bits per heavy atom. The van der Waals surface area contributed by atoms with Gasteiger partial charge >= 0.3 is 0 Å². The van der Waals surface area contributed by atoms with Crippen molar-refractivity contribution in [1.82, 2.24) is 14.9 Å². The fraction of sp³-hybridized carbons (Fsp3) is 0.267. The first-order chi connectivity index (χ1) is 10.3. The molecular weight excluding hydrogens is 268 g/mol. The maximum Gasteiger partial charge on any atom is 0.272 e. The Balaban J connectivity index is 1.75. The second kappa shape index (κ2) is 6.32. The van der Waals surface area contributed by atoms with Crippen molar-refractivity contribution in [3.8, 4) is 0 Å². The molecule has 0 unspecified atom stereocenters. The molecule has 0 atom stereocenters. The molecule has 1 fully saturated rings. The van der Waals surface area contributed by atoms with E-state index in [0.717, 1.165) is 5.69 Å². The molecule has 0 aliphatic carbocycles. The zero-order chi connectivity index (χ0) is 14.5. The molecule has 0 saturated carbocycles. The Bertz CT molecular complexity index is 612. The van der Waals surface area contributed by atoms with E-state index in [1.165, 1.54) is 6.33 Å². The lowest BCUT2D eigenvalue weighted by Crippen LogP contribution is -2.41.